The summed E-state index contributed by atoms with van der Waals surface area (Å²) in [5.41, 5.74) is 2.07. The maximum Gasteiger partial charge on any atom is 0.320 e. The number of esters is 1. The smallest absolute Gasteiger partial charge is 0.320 e. The van der Waals surface area contributed by atoms with Crippen molar-refractivity contribution < 1.29 is 19.1 Å². The number of piperazine rings is 1. The van der Waals surface area contributed by atoms with Gasteiger partial charge in [0.25, 0.3) is 0 Å². The Balaban J connectivity index is 1.39. The van der Waals surface area contributed by atoms with Crippen LogP contribution in [0, 0.1) is 0 Å². The zero-order valence-corrected chi connectivity index (χ0v) is 23.6. The van der Waals surface area contributed by atoms with Gasteiger partial charge in [-0.05, 0) is 43.7 Å². The third-order valence-electron chi connectivity index (χ3n) is 6.27. The van der Waals surface area contributed by atoms with Crippen molar-refractivity contribution in [3.63, 3.8) is 0 Å². The molecule has 0 radical (unpaired) electrons. The monoisotopic (exact) mass is 596 g/mol. The summed E-state index contributed by atoms with van der Waals surface area (Å²) in [6.45, 7) is 10.9. The highest BCUT2D eigenvalue weighted by molar-refractivity contribution is 9.10. The number of nitrogens with one attached hydrogen (secondary N) is 2. The van der Waals surface area contributed by atoms with Crippen LogP contribution in [-0.2, 0) is 14.3 Å². The molecule has 1 fully saturated rings. The normalized spacial score (nSPS) is 14.1. The average molecular weight is 598 g/mol. The molecule has 2 N–H and O–H groups in total. The number of fused-ring (bicyclic) bond motifs is 1. The summed E-state index contributed by atoms with van der Waals surface area (Å²) < 4.78 is 12.1. The van der Waals surface area contributed by atoms with E-state index in [4.69, 9.17) is 9.47 Å². The lowest BCUT2D eigenvalue weighted by Crippen LogP contribution is -2.48. The van der Waals surface area contributed by atoms with Gasteiger partial charge in [0.1, 0.15) is 17.9 Å². The molecule has 10 nitrogen and oxygen atoms in total. The Hall–Kier alpha value is -3.54. The fourth-order valence-corrected chi connectivity index (χ4v) is 4.72. The number of hydrogen-bond acceptors (Lipinski definition) is 9. The van der Waals surface area contributed by atoms with Crippen molar-refractivity contribution in [3.8, 4) is 5.75 Å². The number of aromatic nitrogens is 2. The quantitative estimate of drug-likeness (QED) is 0.180. The van der Waals surface area contributed by atoms with Gasteiger partial charge in [0.15, 0.2) is 0 Å². The molecule has 0 spiro atoms. The van der Waals surface area contributed by atoms with Crippen LogP contribution < -0.4 is 15.4 Å². The zero-order valence-electron chi connectivity index (χ0n) is 22.0. The van der Waals surface area contributed by atoms with Crippen molar-refractivity contribution in [2.24, 2.45) is 0 Å². The van der Waals surface area contributed by atoms with Crippen molar-refractivity contribution in [2.45, 2.75) is 13.3 Å². The van der Waals surface area contributed by atoms with Gasteiger partial charge >= 0.3 is 5.97 Å². The molecule has 1 saturated heterocycles. The Bertz CT molecular complexity index is 1310. The molecule has 2 heterocycles. The van der Waals surface area contributed by atoms with Crippen molar-refractivity contribution in [3.05, 3.63) is 59.9 Å². The van der Waals surface area contributed by atoms with Crippen molar-refractivity contribution in [2.75, 3.05) is 63.1 Å². The van der Waals surface area contributed by atoms with Gasteiger partial charge in [0.05, 0.1) is 31.0 Å². The van der Waals surface area contributed by atoms with Crippen LogP contribution in [-0.4, -0.2) is 84.1 Å². The fraction of sp³-hybridized carbons (Fsp3) is 0.357. The molecule has 1 aliphatic rings. The number of rotatable bonds is 12. The summed E-state index contributed by atoms with van der Waals surface area (Å²) >= 11 is 3.48. The molecule has 11 heteroatoms. The van der Waals surface area contributed by atoms with E-state index in [2.05, 4.69) is 52.9 Å². The van der Waals surface area contributed by atoms with E-state index in [9.17, 15) is 9.59 Å². The van der Waals surface area contributed by atoms with Crippen LogP contribution in [0.3, 0.4) is 0 Å². The molecule has 3 aromatic rings. The molecule has 4 rings (SSSR count). The van der Waals surface area contributed by atoms with E-state index in [0.29, 0.717) is 42.5 Å². The molecular weight excluding hydrogens is 564 g/mol. The predicted molar refractivity (Wildman–Crippen MR) is 155 cm³/mol. The Kier molecular flexibility index (Phi) is 10.2. The van der Waals surface area contributed by atoms with Crippen LogP contribution in [0.5, 0.6) is 5.75 Å². The Morgan fingerprint density at radius 2 is 1.92 bits per heavy atom. The first-order valence-electron chi connectivity index (χ1n) is 12.9. The molecule has 2 aromatic carbocycles. The second-order valence-electron chi connectivity index (χ2n) is 9.04. The van der Waals surface area contributed by atoms with Crippen molar-refractivity contribution in [1.29, 1.82) is 0 Å². The SMILES string of the molecule is C=CC(=O)Nc1cc2c(Nc3cccc(Br)c3)ncnc2cc1OCCCN1CCN(CC(=O)OCC)CC1. The number of hydrogen-bond donors (Lipinski definition) is 2. The van der Waals surface area contributed by atoms with Crippen LogP contribution in [0.15, 0.2) is 59.9 Å². The van der Waals surface area contributed by atoms with E-state index in [1.54, 1.807) is 0 Å². The Morgan fingerprint density at radius 3 is 2.67 bits per heavy atom. The van der Waals surface area contributed by atoms with Crippen LogP contribution in [0.25, 0.3) is 10.9 Å². The number of carbonyl (C=O) groups is 2. The summed E-state index contributed by atoms with van der Waals surface area (Å²) in [6, 6.07) is 11.4. The highest BCUT2D eigenvalue weighted by Gasteiger charge is 2.19. The first-order chi connectivity index (χ1) is 18.9. The number of nitrogens with zero attached hydrogens (tertiary/aromatic N) is 4. The van der Waals surface area contributed by atoms with Gasteiger partial charge in [-0.25, -0.2) is 9.97 Å². The summed E-state index contributed by atoms with van der Waals surface area (Å²) in [5, 5.41) is 6.91. The van der Waals surface area contributed by atoms with Crippen molar-refractivity contribution >= 4 is 55.9 Å². The molecule has 1 aliphatic heterocycles. The minimum atomic E-state index is -0.335. The highest BCUT2D eigenvalue weighted by atomic mass is 79.9. The molecule has 0 unspecified atom stereocenters. The zero-order chi connectivity index (χ0) is 27.6. The minimum Gasteiger partial charge on any atom is -0.491 e. The third-order valence-corrected chi connectivity index (χ3v) is 6.76. The van der Waals surface area contributed by atoms with E-state index in [1.807, 2.05) is 43.3 Å². The lowest BCUT2D eigenvalue weighted by molar-refractivity contribution is -0.144. The van der Waals surface area contributed by atoms with Crippen LogP contribution in [0.1, 0.15) is 13.3 Å². The average Bonchev–Trinajstić information content (AvgIpc) is 2.92. The molecule has 0 atom stereocenters. The number of carbonyl (C=O) groups excluding carboxylic acids is 2. The lowest BCUT2D eigenvalue weighted by Gasteiger charge is -2.34. The van der Waals surface area contributed by atoms with Gasteiger partial charge in [-0.3, -0.25) is 14.5 Å². The third kappa shape index (κ3) is 8.22. The molecule has 1 amide bonds. The van der Waals surface area contributed by atoms with Gasteiger partial charge in [-0.2, -0.15) is 0 Å². The summed E-state index contributed by atoms with van der Waals surface area (Å²) in [6.07, 6.45) is 3.53. The number of ether oxygens (including phenoxy) is 2. The molecule has 206 valence electrons. The lowest BCUT2D eigenvalue weighted by atomic mass is 10.1. The van der Waals surface area contributed by atoms with Gasteiger partial charge in [0.2, 0.25) is 5.91 Å². The molecule has 0 aliphatic carbocycles. The second kappa shape index (κ2) is 14.0. The van der Waals surface area contributed by atoms with E-state index in [1.165, 1.54) is 12.4 Å². The van der Waals surface area contributed by atoms with Gasteiger partial charge in [-0.15, -0.1) is 0 Å². The van der Waals surface area contributed by atoms with E-state index in [0.717, 1.165) is 54.7 Å². The predicted octanol–water partition coefficient (Wildman–Crippen LogP) is 4.21. The van der Waals surface area contributed by atoms with Gasteiger partial charge in [0, 0.05) is 54.3 Å². The van der Waals surface area contributed by atoms with E-state index >= 15 is 0 Å². The number of halogens is 1. The summed E-state index contributed by atoms with van der Waals surface area (Å²) in [5.74, 6) is 0.638. The Morgan fingerprint density at radius 1 is 1.13 bits per heavy atom. The first kappa shape index (κ1) is 28.5. The van der Waals surface area contributed by atoms with Crippen LogP contribution in [0.4, 0.5) is 17.2 Å². The molecule has 0 saturated carbocycles. The maximum absolute atomic E-state index is 12.2. The summed E-state index contributed by atoms with van der Waals surface area (Å²) in [4.78, 5) is 37.2. The molecular formula is C28H33BrN6O4. The Labute approximate surface area is 236 Å². The van der Waals surface area contributed by atoms with Crippen molar-refractivity contribution in [1.82, 2.24) is 19.8 Å². The van der Waals surface area contributed by atoms with E-state index < -0.39 is 0 Å². The standard InChI is InChI=1S/C28H33BrN6O4/c1-3-26(36)33-24-16-22-23(30-19-31-28(22)32-21-8-5-7-20(29)15-21)17-25(24)39-14-6-9-34-10-12-35(13-11-34)18-27(37)38-4-2/h3,5,7-8,15-17,19H,1,4,6,9-14,18H2,2H3,(H,33,36)(H,30,31,32). The highest BCUT2D eigenvalue weighted by Crippen LogP contribution is 2.33. The molecule has 0 bridgehead atoms. The topological polar surface area (TPSA) is 109 Å². The van der Waals surface area contributed by atoms with Gasteiger partial charge < -0.3 is 25.0 Å². The number of anilines is 3. The first-order valence-corrected chi connectivity index (χ1v) is 13.7. The number of benzene rings is 2. The molecule has 1 aromatic heterocycles. The largest absolute Gasteiger partial charge is 0.491 e. The maximum atomic E-state index is 12.2. The van der Waals surface area contributed by atoms with E-state index in [-0.39, 0.29) is 11.9 Å². The summed E-state index contributed by atoms with van der Waals surface area (Å²) in [7, 11) is 0. The molecule has 39 heavy (non-hydrogen) atoms. The second-order valence-corrected chi connectivity index (χ2v) is 9.96. The van der Waals surface area contributed by atoms with Crippen LogP contribution in [0.2, 0.25) is 0 Å². The fourth-order valence-electron chi connectivity index (χ4n) is 4.32. The number of amides is 1. The van der Waals surface area contributed by atoms with Crippen LogP contribution >= 0.6 is 15.9 Å². The van der Waals surface area contributed by atoms with Gasteiger partial charge in [-0.1, -0.05) is 28.6 Å². The minimum absolute atomic E-state index is 0.171.